The summed E-state index contributed by atoms with van der Waals surface area (Å²) in [4.78, 5) is 12.5. The minimum atomic E-state index is -3.59. The molecule has 0 aliphatic heterocycles. The molecule has 31 heavy (non-hydrogen) atoms. The molecule has 0 heterocycles. The van der Waals surface area contributed by atoms with Gasteiger partial charge in [0.2, 0.25) is 10.0 Å². The lowest BCUT2D eigenvalue weighted by Crippen LogP contribution is -2.43. The molecule has 2 aromatic carbocycles. The maximum absolute atomic E-state index is 12.8. The Labute approximate surface area is 189 Å². The van der Waals surface area contributed by atoms with Crippen molar-refractivity contribution >= 4 is 38.9 Å². The van der Waals surface area contributed by atoms with Crippen LogP contribution in [0.4, 0.5) is 5.69 Å². The fraction of sp³-hybridized carbons (Fsp3) is 0.333. The molecule has 0 aliphatic rings. The van der Waals surface area contributed by atoms with Crippen molar-refractivity contribution in [2.75, 3.05) is 25.5 Å². The zero-order chi connectivity index (χ0) is 22.9. The predicted molar refractivity (Wildman–Crippen MR) is 126 cm³/mol. The number of carbonyl (C=O) groups excluding carboxylic acids is 1. The number of hydrogen-bond acceptors (Lipinski definition) is 5. The lowest BCUT2D eigenvalue weighted by Gasteiger charge is -2.21. The van der Waals surface area contributed by atoms with Crippen molar-refractivity contribution in [1.82, 2.24) is 15.2 Å². The minimum absolute atomic E-state index is 0.161. The summed E-state index contributed by atoms with van der Waals surface area (Å²) in [6, 6.07) is 13.0. The van der Waals surface area contributed by atoms with Gasteiger partial charge in [0.15, 0.2) is 5.11 Å². The first-order valence-corrected chi connectivity index (χ1v) is 11.8. The molecule has 8 nitrogen and oxygen atoms in total. The summed E-state index contributed by atoms with van der Waals surface area (Å²) in [7, 11) is -2.02. The Kier molecular flexibility index (Phi) is 9.22. The van der Waals surface area contributed by atoms with Gasteiger partial charge in [-0.1, -0.05) is 19.9 Å². The number of hydrogen-bond donors (Lipinski definition) is 3. The lowest BCUT2D eigenvalue weighted by molar-refractivity contribution is 0.0944. The van der Waals surface area contributed by atoms with Crippen molar-refractivity contribution in [3.05, 3.63) is 54.1 Å². The first-order chi connectivity index (χ1) is 14.8. The summed E-state index contributed by atoms with van der Waals surface area (Å²) in [5.74, 6) is 0.223. The fourth-order valence-corrected chi connectivity index (χ4v) is 4.62. The molecule has 0 saturated heterocycles. The zero-order valence-corrected chi connectivity index (χ0v) is 19.5. The van der Waals surface area contributed by atoms with Crippen LogP contribution in [0.5, 0.6) is 5.75 Å². The first-order valence-electron chi connectivity index (χ1n) is 9.93. The van der Waals surface area contributed by atoms with Gasteiger partial charge in [-0.3, -0.25) is 15.6 Å². The lowest BCUT2D eigenvalue weighted by atomic mass is 10.2. The molecule has 0 aromatic heterocycles. The van der Waals surface area contributed by atoms with Gasteiger partial charge in [0.25, 0.3) is 5.91 Å². The quantitative estimate of drug-likeness (QED) is 0.387. The molecule has 1 amide bonds. The number of benzene rings is 2. The summed E-state index contributed by atoms with van der Waals surface area (Å²) in [5.41, 5.74) is 6.10. The van der Waals surface area contributed by atoms with Crippen molar-refractivity contribution in [3.8, 4) is 5.75 Å². The molecule has 2 aromatic rings. The second-order valence-corrected chi connectivity index (χ2v) is 9.04. The number of carbonyl (C=O) groups is 1. The molecule has 0 unspecified atom stereocenters. The summed E-state index contributed by atoms with van der Waals surface area (Å²) in [6.07, 6.45) is 1.46. The third kappa shape index (κ3) is 6.91. The molecule has 2 rings (SSSR count). The molecular formula is C21H28N4O4S2. The van der Waals surface area contributed by atoms with Crippen LogP contribution in [-0.2, 0) is 10.0 Å². The van der Waals surface area contributed by atoms with E-state index in [1.165, 1.54) is 28.6 Å². The number of thiocarbonyl (C=S) groups is 1. The Bertz CT molecular complexity index is 989. The molecule has 0 spiro atoms. The molecule has 0 saturated carbocycles. The van der Waals surface area contributed by atoms with E-state index in [1.54, 1.807) is 31.4 Å². The Morgan fingerprint density at radius 3 is 2.26 bits per heavy atom. The number of hydrazine groups is 1. The highest BCUT2D eigenvalue weighted by molar-refractivity contribution is 7.89. The van der Waals surface area contributed by atoms with Crippen molar-refractivity contribution in [2.45, 2.75) is 31.6 Å². The summed E-state index contributed by atoms with van der Waals surface area (Å²) in [5, 5.41) is 3.12. The van der Waals surface area contributed by atoms with Gasteiger partial charge in [0.1, 0.15) is 5.75 Å². The Morgan fingerprint density at radius 1 is 1.03 bits per heavy atom. The smallest absolute Gasteiger partial charge is 0.269 e. The van der Waals surface area contributed by atoms with Crippen LogP contribution in [-0.4, -0.2) is 43.9 Å². The van der Waals surface area contributed by atoms with Gasteiger partial charge in [-0.2, -0.15) is 4.31 Å². The highest BCUT2D eigenvalue weighted by Gasteiger charge is 2.23. The summed E-state index contributed by atoms with van der Waals surface area (Å²) >= 11 is 5.17. The van der Waals surface area contributed by atoms with Crippen molar-refractivity contribution in [3.63, 3.8) is 0 Å². The molecule has 0 bridgehead atoms. The second kappa shape index (κ2) is 11.6. The van der Waals surface area contributed by atoms with Crippen LogP contribution in [0.15, 0.2) is 53.4 Å². The van der Waals surface area contributed by atoms with E-state index in [1.807, 2.05) is 13.8 Å². The van der Waals surface area contributed by atoms with E-state index in [-0.39, 0.29) is 10.0 Å². The van der Waals surface area contributed by atoms with E-state index in [0.29, 0.717) is 30.1 Å². The molecule has 0 radical (unpaired) electrons. The van der Waals surface area contributed by atoms with Gasteiger partial charge in [-0.05, 0) is 61.5 Å². The van der Waals surface area contributed by atoms with Gasteiger partial charge in [-0.15, -0.1) is 0 Å². The van der Waals surface area contributed by atoms with Crippen molar-refractivity contribution in [2.24, 2.45) is 0 Å². The number of methoxy groups -OCH3 is 1. The Balaban J connectivity index is 1.97. The normalized spacial score (nSPS) is 11.1. The van der Waals surface area contributed by atoms with Crippen LogP contribution in [0.25, 0.3) is 0 Å². The third-order valence-electron chi connectivity index (χ3n) is 4.32. The monoisotopic (exact) mass is 464 g/mol. The fourth-order valence-electron chi connectivity index (χ4n) is 2.83. The van der Waals surface area contributed by atoms with Gasteiger partial charge < -0.3 is 10.1 Å². The van der Waals surface area contributed by atoms with E-state index in [9.17, 15) is 13.2 Å². The van der Waals surface area contributed by atoms with E-state index < -0.39 is 15.9 Å². The molecule has 0 aliphatic carbocycles. The average molecular weight is 465 g/mol. The van der Waals surface area contributed by atoms with Gasteiger partial charge in [0.05, 0.1) is 12.0 Å². The van der Waals surface area contributed by atoms with Crippen LogP contribution in [0, 0.1) is 0 Å². The zero-order valence-electron chi connectivity index (χ0n) is 17.8. The standard InChI is InChI=1S/C21H28N4O4S2/c1-4-13-25(14-5-2)31(27,28)19-11-9-16(10-12-19)20(26)23-24-21(30)22-17-7-6-8-18(15-17)29-3/h6-12,15H,4-5,13-14H2,1-3H3,(H,23,26)(H2,22,24,30). The van der Waals surface area contributed by atoms with E-state index in [4.69, 9.17) is 17.0 Å². The largest absolute Gasteiger partial charge is 0.497 e. The van der Waals surface area contributed by atoms with E-state index in [0.717, 1.165) is 12.8 Å². The number of ether oxygens (including phenoxy) is 1. The van der Waals surface area contributed by atoms with Gasteiger partial charge >= 0.3 is 0 Å². The van der Waals surface area contributed by atoms with Gasteiger partial charge in [-0.25, -0.2) is 8.42 Å². The molecule has 168 valence electrons. The molecule has 0 atom stereocenters. The van der Waals surface area contributed by atoms with E-state index in [2.05, 4.69) is 16.2 Å². The number of nitrogens with zero attached hydrogens (tertiary/aromatic N) is 1. The predicted octanol–water partition coefficient (Wildman–Crippen LogP) is 3.14. The van der Waals surface area contributed by atoms with Crippen LogP contribution in [0.2, 0.25) is 0 Å². The van der Waals surface area contributed by atoms with Crippen molar-refractivity contribution < 1.29 is 17.9 Å². The average Bonchev–Trinajstić information content (AvgIpc) is 2.77. The Morgan fingerprint density at radius 2 is 1.68 bits per heavy atom. The highest BCUT2D eigenvalue weighted by Crippen LogP contribution is 2.18. The number of amides is 1. The SMILES string of the molecule is CCCN(CCC)S(=O)(=O)c1ccc(C(=O)NNC(=S)Nc2cccc(OC)c2)cc1. The molecule has 0 fully saturated rings. The van der Waals surface area contributed by atoms with Crippen LogP contribution >= 0.6 is 12.2 Å². The first kappa shape index (κ1) is 24.6. The topological polar surface area (TPSA) is 99.8 Å². The van der Waals surface area contributed by atoms with Crippen LogP contribution in [0.1, 0.15) is 37.0 Å². The minimum Gasteiger partial charge on any atom is -0.497 e. The van der Waals surface area contributed by atoms with E-state index >= 15 is 0 Å². The second-order valence-electron chi connectivity index (χ2n) is 6.69. The third-order valence-corrected chi connectivity index (χ3v) is 6.43. The highest BCUT2D eigenvalue weighted by atomic mass is 32.2. The molecular weight excluding hydrogens is 436 g/mol. The number of nitrogens with one attached hydrogen (secondary N) is 3. The number of rotatable bonds is 9. The van der Waals surface area contributed by atoms with Crippen molar-refractivity contribution in [1.29, 1.82) is 0 Å². The maximum Gasteiger partial charge on any atom is 0.269 e. The number of sulfonamides is 1. The molecule has 3 N–H and O–H groups in total. The Hall–Kier alpha value is -2.69. The summed E-state index contributed by atoms with van der Waals surface area (Å²) in [6.45, 7) is 4.79. The molecule has 10 heteroatoms. The van der Waals surface area contributed by atoms with Crippen LogP contribution in [0.3, 0.4) is 0 Å². The van der Waals surface area contributed by atoms with Crippen LogP contribution < -0.4 is 20.9 Å². The summed E-state index contributed by atoms with van der Waals surface area (Å²) < 4.78 is 32.2. The van der Waals surface area contributed by atoms with Gasteiger partial charge in [0, 0.05) is 30.4 Å². The number of anilines is 1. The maximum atomic E-state index is 12.8.